The minimum Gasteiger partial charge on any atom is -0.324 e. The van der Waals surface area contributed by atoms with Crippen molar-refractivity contribution >= 4 is 28.1 Å². The summed E-state index contributed by atoms with van der Waals surface area (Å²) in [7, 11) is 0. The Morgan fingerprint density at radius 2 is 1.76 bits per heavy atom. The average Bonchev–Trinajstić information content (AvgIpc) is 2.96. The van der Waals surface area contributed by atoms with Crippen molar-refractivity contribution in [2.24, 2.45) is 0 Å². The van der Waals surface area contributed by atoms with Crippen molar-refractivity contribution in [3.8, 4) is 0 Å². The number of aryl methyl sites for hydroxylation is 3. The summed E-state index contributed by atoms with van der Waals surface area (Å²) in [6, 6.07) is 14.8. The van der Waals surface area contributed by atoms with Crippen molar-refractivity contribution in [2.75, 3.05) is 5.32 Å². The van der Waals surface area contributed by atoms with E-state index < -0.39 is 6.04 Å². The Kier molecular flexibility index (Phi) is 4.70. The van der Waals surface area contributed by atoms with E-state index in [9.17, 15) is 9.59 Å². The van der Waals surface area contributed by atoms with Gasteiger partial charge >= 0.3 is 0 Å². The number of nitrogens with one attached hydrogen (secondary N) is 1. The van der Waals surface area contributed by atoms with E-state index in [1.165, 1.54) is 6.07 Å². The van der Waals surface area contributed by atoms with E-state index in [1.807, 2.05) is 73.3 Å². The number of para-hydroxylation sites is 1. The molecule has 1 N–H and O–H groups in total. The van der Waals surface area contributed by atoms with Crippen LogP contribution in [0.2, 0.25) is 0 Å². The summed E-state index contributed by atoms with van der Waals surface area (Å²) in [5, 5.41) is 3.92. The highest BCUT2D eigenvalue weighted by molar-refractivity contribution is 5.97. The van der Waals surface area contributed by atoms with E-state index in [2.05, 4.69) is 16.4 Å². The molecule has 0 bridgehead atoms. The number of carbonyl (C=O) groups excluding carboxylic acids is 1. The molecule has 29 heavy (non-hydrogen) atoms. The monoisotopic (exact) mass is 388 g/mol. The van der Waals surface area contributed by atoms with E-state index in [0.717, 1.165) is 33.4 Å². The molecule has 0 spiro atoms. The number of amides is 1. The summed E-state index contributed by atoms with van der Waals surface area (Å²) in [6.07, 6.45) is 0.593. The van der Waals surface area contributed by atoms with Gasteiger partial charge in [0.2, 0.25) is 5.91 Å². The standard InChI is InChI=1S/C23H24N4O2/c1-5-19(23(29)24-17-11-14(2)10-15(3)12-17)27-20-9-7-6-8-18(20)22-25-21(28)13-16(4)26(22)27/h6-13,19H,5H2,1-4H3,(H,24,29)/t19-/m1/s1. The van der Waals surface area contributed by atoms with Crippen molar-refractivity contribution in [1.29, 1.82) is 0 Å². The number of nitrogens with zero attached hydrogens (tertiary/aromatic N) is 3. The highest BCUT2D eigenvalue weighted by Crippen LogP contribution is 2.27. The Hall–Kier alpha value is -3.41. The van der Waals surface area contributed by atoms with Crippen molar-refractivity contribution in [3.63, 3.8) is 0 Å². The maximum atomic E-state index is 13.3. The summed E-state index contributed by atoms with van der Waals surface area (Å²) in [5.41, 5.74) is 4.89. The van der Waals surface area contributed by atoms with E-state index in [4.69, 9.17) is 0 Å². The molecule has 6 nitrogen and oxygen atoms in total. The van der Waals surface area contributed by atoms with Crippen molar-refractivity contribution in [1.82, 2.24) is 14.2 Å². The predicted molar refractivity (Wildman–Crippen MR) is 116 cm³/mol. The molecule has 0 saturated carbocycles. The molecule has 0 fully saturated rings. The number of anilines is 1. The van der Waals surface area contributed by atoms with E-state index in [0.29, 0.717) is 12.1 Å². The SMILES string of the molecule is CC[C@H](C(=O)Nc1cc(C)cc(C)c1)n1c2ccccc2c2nc(=O)cc(C)n21. The normalized spacial score (nSPS) is 12.4. The maximum Gasteiger partial charge on any atom is 0.273 e. The van der Waals surface area contributed by atoms with Crippen LogP contribution in [0, 0.1) is 20.8 Å². The largest absolute Gasteiger partial charge is 0.324 e. The van der Waals surface area contributed by atoms with Gasteiger partial charge in [-0.1, -0.05) is 25.1 Å². The van der Waals surface area contributed by atoms with Gasteiger partial charge in [0.15, 0.2) is 5.65 Å². The third-order valence-corrected chi connectivity index (χ3v) is 5.16. The first-order valence-electron chi connectivity index (χ1n) is 9.78. The minimum atomic E-state index is -0.457. The molecule has 1 atom stereocenters. The van der Waals surface area contributed by atoms with Crippen LogP contribution in [0.25, 0.3) is 16.6 Å². The maximum absolute atomic E-state index is 13.3. The van der Waals surface area contributed by atoms with Crippen LogP contribution in [0.5, 0.6) is 0 Å². The number of hydrogen-bond acceptors (Lipinski definition) is 3. The summed E-state index contributed by atoms with van der Waals surface area (Å²) >= 11 is 0. The predicted octanol–water partition coefficient (Wildman–Crippen LogP) is 4.16. The number of hydrogen-bond donors (Lipinski definition) is 1. The molecule has 4 rings (SSSR count). The van der Waals surface area contributed by atoms with Crippen LogP contribution in [-0.4, -0.2) is 20.1 Å². The van der Waals surface area contributed by atoms with Gasteiger partial charge in [-0.3, -0.25) is 14.3 Å². The summed E-state index contributed by atoms with van der Waals surface area (Å²) < 4.78 is 3.83. The number of rotatable bonds is 4. The Balaban J connectivity index is 1.88. The molecule has 2 heterocycles. The average molecular weight is 388 g/mol. The van der Waals surface area contributed by atoms with E-state index in [-0.39, 0.29) is 11.5 Å². The highest BCUT2D eigenvalue weighted by atomic mass is 16.2. The van der Waals surface area contributed by atoms with Crippen molar-refractivity contribution < 1.29 is 4.79 Å². The quantitative estimate of drug-likeness (QED) is 0.571. The molecule has 0 saturated heterocycles. The highest BCUT2D eigenvalue weighted by Gasteiger charge is 2.25. The number of aromatic nitrogens is 3. The lowest BCUT2D eigenvalue weighted by Crippen LogP contribution is -2.29. The summed E-state index contributed by atoms with van der Waals surface area (Å²) in [6.45, 7) is 7.87. The van der Waals surface area contributed by atoms with Crippen LogP contribution < -0.4 is 10.9 Å². The van der Waals surface area contributed by atoms with Gasteiger partial charge in [0, 0.05) is 22.8 Å². The van der Waals surface area contributed by atoms with Crippen molar-refractivity contribution in [2.45, 2.75) is 40.2 Å². The number of benzene rings is 2. The topological polar surface area (TPSA) is 68.4 Å². The van der Waals surface area contributed by atoms with Crippen LogP contribution in [0.4, 0.5) is 5.69 Å². The number of fused-ring (bicyclic) bond motifs is 3. The third-order valence-electron chi connectivity index (χ3n) is 5.16. The molecule has 2 aromatic heterocycles. The molecule has 1 amide bonds. The second-order valence-corrected chi connectivity index (χ2v) is 7.52. The van der Waals surface area contributed by atoms with Crippen molar-refractivity contribution in [3.05, 3.63) is 75.7 Å². The fourth-order valence-electron chi connectivity index (χ4n) is 4.06. The lowest BCUT2D eigenvalue weighted by Gasteiger charge is -2.21. The molecule has 0 aliphatic heterocycles. The van der Waals surface area contributed by atoms with Crippen LogP contribution in [0.15, 0.2) is 53.3 Å². The first kappa shape index (κ1) is 18.9. The fourth-order valence-corrected chi connectivity index (χ4v) is 4.06. The van der Waals surface area contributed by atoms with Gasteiger partial charge < -0.3 is 5.32 Å². The molecule has 0 aliphatic rings. The zero-order valence-corrected chi connectivity index (χ0v) is 17.1. The Morgan fingerprint density at radius 1 is 1.07 bits per heavy atom. The van der Waals surface area contributed by atoms with E-state index >= 15 is 0 Å². The lowest BCUT2D eigenvalue weighted by molar-refractivity contribution is -0.119. The minimum absolute atomic E-state index is 0.0988. The third kappa shape index (κ3) is 3.31. The summed E-state index contributed by atoms with van der Waals surface area (Å²) in [5.74, 6) is -0.0988. The van der Waals surface area contributed by atoms with Gasteiger partial charge in [-0.15, -0.1) is 0 Å². The van der Waals surface area contributed by atoms with Crippen LogP contribution in [0.1, 0.15) is 36.2 Å². The zero-order valence-electron chi connectivity index (χ0n) is 17.1. The second-order valence-electron chi connectivity index (χ2n) is 7.52. The second kappa shape index (κ2) is 7.20. The van der Waals surface area contributed by atoms with Crippen LogP contribution in [-0.2, 0) is 4.79 Å². The molecule has 0 radical (unpaired) electrons. The van der Waals surface area contributed by atoms with Gasteiger partial charge in [-0.05, 0) is 62.6 Å². The zero-order chi connectivity index (χ0) is 20.7. The summed E-state index contributed by atoms with van der Waals surface area (Å²) in [4.78, 5) is 29.5. The molecular weight excluding hydrogens is 364 g/mol. The van der Waals surface area contributed by atoms with Gasteiger partial charge in [-0.2, -0.15) is 4.98 Å². The fraction of sp³-hybridized carbons (Fsp3) is 0.261. The molecular formula is C23H24N4O2. The molecule has 2 aromatic carbocycles. The Bertz CT molecular complexity index is 1280. The first-order chi connectivity index (χ1) is 13.9. The van der Waals surface area contributed by atoms with Crippen LogP contribution in [0.3, 0.4) is 0 Å². The number of carbonyl (C=O) groups is 1. The van der Waals surface area contributed by atoms with Gasteiger partial charge in [0.1, 0.15) is 6.04 Å². The van der Waals surface area contributed by atoms with E-state index in [1.54, 1.807) is 0 Å². The van der Waals surface area contributed by atoms with Crippen LogP contribution >= 0.6 is 0 Å². The molecule has 0 aliphatic carbocycles. The molecule has 4 aromatic rings. The van der Waals surface area contributed by atoms with Gasteiger partial charge in [-0.25, -0.2) is 4.52 Å². The van der Waals surface area contributed by atoms with Gasteiger partial charge in [0.05, 0.1) is 5.52 Å². The first-order valence-corrected chi connectivity index (χ1v) is 9.78. The Morgan fingerprint density at radius 3 is 2.45 bits per heavy atom. The molecule has 148 valence electrons. The smallest absolute Gasteiger partial charge is 0.273 e. The van der Waals surface area contributed by atoms with Gasteiger partial charge in [0.25, 0.3) is 5.56 Å². The Labute approximate surface area is 168 Å². The molecule has 6 heteroatoms. The lowest BCUT2D eigenvalue weighted by atomic mass is 10.1. The molecule has 0 unspecified atom stereocenters.